The average Bonchev–Trinajstić information content (AvgIpc) is 3.52. The van der Waals surface area contributed by atoms with Gasteiger partial charge in [0.05, 0.1) is 18.4 Å². The molecule has 1 aliphatic carbocycles. The number of halogens is 2. The zero-order valence-electron chi connectivity index (χ0n) is 18.6. The Balaban J connectivity index is 1.49. The lowest BCUT2D eigenvalue weighted by molar-refractivity contribution is -0.147. The van der Waals surface area contributed by atoms with Gasteiger partial charge in [-0.3, -0.25) is 9.59 Å². The van der Waals surface area contributed by atoms with Crippen molar-refractivity contribution in [2.75, 3.05) is 23.9 Å². The van der Waals surface area contributed by atoms with Crippen molar-refractivity contribution in [1.29, 1.82) is 0 Å². The summed E-state index contributed by atoms with van der Waals surface area (Å²) in [6.07, 6.45) is 4.89. The number of hydrogen-bond acceptors (Lipinski definition) is 9. The summed E-state index contributed by atoms with van der Waals surface area (Å²) in [7, 11) is 0. The van der Waals surface area contributed by atoms with Gasteiger partial charge in [0.2, 0.25) is 0 Å². The molecule has 2 aliphatic rings. The van der Waals surface area contributed by atoms with Gasteiger partial charge in [-0.1, -0.05) is 11.6 Å². The van der Waals surface area contributed by atoms with Gasteiger partial charge < -0.3 is 26.4 Å². The number of imide groups is 1. The number of esters is 1. The Kier molecular flexibility index (Phi) is 6.16. The summed E-state index contributed by atoms with van der Waals surface area (Å²) in [5.74, 6) is -1.05. The minimum absolute atomic E-state index is 0.0588. The van der Waals surface area contributed by atoms with Gasteiger partial charge in [0.25, 0.3) is 5.91 Å². The van der Waals surface area contributed by atoms with Crippen LogP contribution in [0.15, 0.2) is 36.2 Å². The molecule has 36 heavy (non-hydrogen) atoms. The number of hydrogen-bond donors (Lipinski definition) is 4. The van der Waals surface area contributed by atoms with Crippen molar-refractivity contribution in [2.45, 2.75) is 18.9 Å². The zero-order valence-corrected chi connectivity index (χ0v) is 19.4. The van der Waals surface area contributed by atoms with Gasteiger partial charge in [-0.25, -0.2) is 19.1 Å². The molecule has 12 nitrogen and oxygen atoms in total. The fraction of sp³-hybridized carbons (Fsp3) is 0.227. The number of amides is 3. The molecular weight excluding hydrogens is 495 g/mol. The largest absolute Gasteiger partial charge is 0.443 e. The predicted octanol–water partition coefficient (Wildman–Crippen LogP) is 2.19. The molecule has 1 aliphatic heterocycles. The first kappa shape index (κ1) is 23.5. The van der Waals surface area contributed by atoms with Crippen LogP contribution in [0.1, 0.15) is 18.4 Å². The van der Waals surface area contributed by atoms with Crippen molar-refractivity contribution in [3.8, 4) is 0 Å². The fourth-order valence-corrected chi connectivity index (χ4v) is 3.63. The van der Waals surface area contributed by atoms with E-state index in [4.69, 9.17) is 22.1 Å². The van der Waals surface area contributed by atoms with E-state index in [1.807, 2.05) is 0 Å². The molecule has 1 saturated heterocycles. The number of carbonyl (C=O) groups excluding carboxylic acids is 3. The van der Waals surface area contributed by atoms with Crippen molar-refractivity contribution < 1.29 is 23.5 Å². The molecule has 3 amide bonds. The zero-order chi connectivity index (χ0) is 25.4. The Labute approximate surface area is 208 Å². The molecule has 1 saturated carbocycles. The number of urea groups is 1. The highest BCUT2D eigenvalue weighted by Gasteiger charge is 2.34. The van der Waals surface area contributed by atoms with Crippen LogP contribution in [-0.2, 0) is 14.3 Å². The summed E-state index contributed by atoms with van der Waals surface area (Å²) >= 11 is 6.01. The molecule has 2 aromatic heterocycles. The topological polar surface area (TPSA) is 156 Å². The van der Waals surface area contributed by atoms with E-state index in [0.29, 0.717) is 27.9 Å². The minimum atomic E-state index is -0.758. The number of nitrogens with zero attached hydrogens (tertiary/aromatic N) is 4. The molecule has 0 unspecified atom stereocenters. The fourth-order valence-electron chi connectivity index (χ4n) is 3.46. The van der Waals surface area contributed by atoms with Gasteiger partial charge in [0, 0.05) is 22.7 Å². The monoisotopic (exact) mass is 514 g/mol. The van der Waals surface area contributed by atoms with Gasteiger partial charge in [-0.2, -0.15) is 9.61 Å². The lowest BCUT2D eigenvalue weighted by Gasteiger charge is -2.12. The standard InChI is InChI=1S/C22H20ClFN8O4/c23-12-1-4-14(24)15(6-12)28-17-7-18(27-13-2-3-13)32-20(30-17)11(9-26-32)5-16-21(34)31(22(35)29-16)10-36-19(33)8-25/h1,4-7,9,13,27H,2-3,8,10,25H2,(H,28,30)(H,29,35). The van der Waals surface area contributed by atoms with Crippen LogP contribution in [0.5, 0.6) is 0 Å². The van der Waals surface area contributed by atoms with Crippen molar-refractivity contribution in [1.82, 2.24) is 24.8 Å². The van der Waals surface area contributed by atoms with Crippen LogP contribution < -0.4 is 21.7 Å². The number of aromatic nitrogens is 3. The molecule has 186 valence electrons. The van der Waals surface area contributed by atoms with E-state index in [-0.39, 0.29) is 24.0 Å². The van der Waals surface area contributed by atoms with E-state index >= 15 is 0 Å². The smallest absolute Gasteiger partial charge is 0.331 e. The minimum Gasteiger partial charge on any atom is -0.443 e. The van der Waals surface area contributed by atoms with Gasteiger partial charge in [-0.15, -0.1) is 0 Å². The number of rotatable bonds is 8. The van der Waals surface area contributed by atoms with Crippen molar-refractivity contribution in [3.63, 3.8) is 0 Å². The summed E-state index contributed by atoms with van der Waals surface area (Å²) in [5, 5.41) is 13.4. The van der Waals surface area contributed by atoms with Crippen LogP contribution in [0.4, 0.5) is 26.5 Å². The number of nitrogens with one attached hydrogen (secondary N) is 3. The molecule has 1 aromatic carbocycles. The first-order valence-electron chi connectivity index (χ1n) is 10.9. The van der Waals surface area contributed by atoms with Gasteiger partial charge in [0.1, 0.15) is 23.1 Å². The number of anilines is 3. The van der Waals surface area contributed by atoms with Gasteiger partial charge in [-0.05, 0) is 37.1 Å². The molecule has 0 bridgehead atoms. The third-order valence-corrected chi connectivity index (χ3v) is 5.64. The summed E-state index contributed by atoms with van der Waals surface area (Å²) in [5.41, 5.74) is 6.00. The van der Waals surface area contributed by atoms with Crippen LogP contribution in [0, 0.1) is 5.82 Å². The Hall–Kier alpha value is -4.23. The summed E-state index contributed by atoms with van der Waals surface area (Å²) < 4.78 is 20.7. The van der Waals surface area contributed by atoms with Crippen LogP contribution in [0.2, 0.25) is 5.02 Å². The second-order valence-corrected chi connectivity index (χ2v) is 8.54. The molecule has 3 aromatic rings. The first-order chi connectivity index (χ1) is 17.3. The van der Waals surface area contributed by atoms with E-state index in [0.717, 1.165) is 17.7 Å². The highest BCUT2D eigenvalue weighted by Crippen LogP contribution is 2.30. The molecule has 14 heteroatoms. The molecule has 3 heterocycles. The first-order valence-corrected chi connectivity index (χ1v) is 11.3. The molecule has 0 radical (unpaired) electrons. The number of fused-ring (bicyclic) bond motifs is 1. The SMILES string of the molecule is NCC(=O)OCN1C(=O)NC(=Cc2cnn3c(NC4CC4)cc(Nc4cc(Cl)ccc4F)nc23)C1=O. The quantitative estimate of drug-likeness (QED) is 0.201. The number of nitrogens with two attached hydrogens (primary N) is 1. The van der Waals surface area contributed by atoms with Crippen molar-refractivity contribution in [2.24, 2.45) is 5.73 Å². The van der Waals surface area contributed by atoms with E-state index in [1.54, 1.807) is 10.6 Å². The number of carbonyl (C=O) groups is 3. The normalized spacial score (nSPS) is 16.5. The Bertz CT molecular complexity index is 1420. The summed E-state index contributed by atoms with van der Waals surface area (Å²) in [6, 6.07) is 5.33. The van der Waals surface area contributed by atoms with E-state index in [9.17, 15) is 18.8 Å². The maximum absolute atomic E-state index is 14.3. The molecule has 0 atom stereocenters. The molecule has 5 N–H and O–H groups in total. The van der Waals surface area contributed by atoms with Gasteiger partial charge in [0.15, 0.2) is 12.4 Å². The number of ether oxygens (including phenoxy) is 1. The maximum atomic E-state index is 14.3. The number of benzene rings is 1. The molecular formula is C22H20ClFN8O4. The van der Waals surface area contributed by atoms with E-state index < -0.39 is 30.5 Å². The summed E-state index contributed by atoms with van der Waals surface area (Å²) in [4.78, 5) is 41.5. The Morgan fingerprint density at radius 1 is 1.33 bits per heavy atom. The average molecular weight is 515 g/mol. The third-order valence-electron chi connectivity index (χ3n) is 5.40. The highest BCUT2D eigenvalue weighted by atomic mass is 35.5. The van der Waals surface area contributed by atoms with E-state index in [2.05, 4.69) is 26.0 Å². The lowest BCUT2D eigenvalue weighted by Crippen LogP contribution is -2.35. The molecule has 2 fully saturated rings. The predicted molar refractivity (Wildman–Crippen MR) is 128 cm³/mol. The lowest BCUT2D eigenvalue weighted by atomic mass is 10.2. The highest BCUT2D eigenvalue weighted by molar-refractivity contribution is 6.30. The second-order valence-electron chi connectivity index (χ2n) is 8.10. The Morgan fingerprint density at radius 2 is 2.14 bits per heavy atom. The maximum Gasteiger partial charge on any atom is 0.331 e. The second kappa shape index (κ2) is 9.43. The molecule has 5 rings (SSSR count). The summed E-state index contributed by atoms with van der Waals surface area (Å²) in [6.45, 7) is -0.952. The third kappa shape index (κ3) is 4.78. The van der Waals surface area contributed by atoms with Gasteiger partial charge >= 0.3 is 12.0 Å². The Morgan fingerprint density at radius 3 is 2.89 bits per heavy atom. The van der Waals surface area contributed by atoms with Crippen LogP contribution in [0.3, 0.4) is 0 Å². The molecule has 0 spiro atoms. The van der Waals surface area contributed by atoms with Crippen molar-refractivity contribution in [3.05, 3.63) is 52.6 Å². The van der Waals surface area contributed by atoms with Crippen LogP contribution >= 0.6 is 11.6 Å². The van der Waals surface area contributed by atoms with E-state index in [1.165, 1.54) is 30.5 Å². The van der Waals surface area contributed by atoms with Crippen LogP contribution in [0.25, 0.3) is 11.7 Å². The van der Waals surface area contributed by atoms with Crippen LogP contribution in [-0.4, -0.2) is 56.7 Å². The van der Waals surface area contributed by atoms with Crippen molar-refractivity contribution >= 4 is 58.6 Å².